The van der Waals surface area contributed by atoms with Crippen molar-refractivity contribution in [3.63, 3.8) is 0 Å². The minimum Gasteiger partial charge on any atom is -0.478 e. The summed E-state index contributed by atoms with van der Waals surface area (Å²) < 4.78 is 6.33. The second kappa shape index (κ2) is 4.31. The van der Waals surface area contributed by atoms with E-state index in [-0.39, 0.29) is 5.60 Å². The number of benzene rings is 1. The molecule has 0 fully saturated rings. The summed E-state index contributed by atoms with van der Waals surface area (Å²) in [5.74, 6) is 1.05. The molecule has 0 aromatic heterocycles. The van der Waals surface area contributed by atoms with Crippen LogP contribution >= 0.6 is 0 Å². The van der Waals surface area contributed by atoms with Crippen molar-refractivity contribution in [2.24, 2.45) is 0 Å². The van der Waals surface area contributed by atoms with Gasteiger partial charge in [0.15, 0.2) is 0 Å². The Hall–Kier alpha value is -1.50. The molecule has 94 valence electrons. The SMILES string of the molecule is Cc1cccc2c1O[C@@](C)(C1=CCCCC1)C=C2. The van der Waals surface area contributed by atoms with E-state index in [4.69, 9.17) is 4.74 Å². The highest BCUT2D eigenvalue weighted by atomic mass is 16.5. The van der Waals surface area contributed by atoms with Crippen molar-refractivity contribution < 1.29 is 4.74 Å². The predicted octanol–water partition coefficient (Wildman–Crippen LogP) is 4.66. The van der Waals surface area contributed by atoms with Crippen LogP contribution in [0.4, 0.5) is 0 Å². The summed E-state index contributed by atoms with van der Waals surface area (Å²) in [5, 5.41) is 0. The van der Waals surface area contributed by atoms with E-state index in [1.54, 1.807) is 0 Å². The Kier molecular flexibility index (Phi) is 2.77. The third-order valence-electron chi connectivity index (χ3n) is 4.07. The lowest BCUT2D eigenvalue weighted by atomic mass is 9.84. The summed E-state index contributed by atoms with van der Waals surface area (Å²) >= 11 is 0. The van der Waals surface area contributed by atoms with Crippen molar-refractivity contribution in [2.45, 2.75) is 45.1 Å². The van der Waals surface area contributed by atoms with Gasteiger partial charge in [-0.2, -0.15) is 0 Å². The number of hydrogen-bond donors (Lipinski definition) is 0. The maximum Gasteiger partial charge on any atom is 0.146 e. The van der Waals surface area contributed by atoms with Crippen molar-refractivity contribution in [3.05, 3.63) is 47.1 Å². The topological polar surface area (TPSA) is 9.23 Å². The Morgan fingerprint density at radius 1 is 1.22 bits per heavy atom. The number of ether oxygens (including phenoxy) is 1. The standard InChI is InChI=1S/C17H20O/c1-13-7-6-8-14-11-12-17(2,18-16(13)14)15-9-4-3-5-10-15/h6-9,11-12H,3-5,10H2,1-2H3/t17-/m1/s1. The molecule has 0 amide bonds. The number of allylic oxidation sites excluding steroid dienone is 1. The molecule has 3 rings (SSSR count). The van der Waals surface area contributed by atoms with Gasteiger partial charge in [0.05, 0.1) is 0 Å². The predicted molar refractivity (Wildman–Crippen MR) is 75.8 cm³/mol. The van der Waals surface area contributed by atoms with E-state index in [2.05, 4.69) is 50.3 Å². The molecule has 18 heavy (non-hydrogen) atoms. The van der Waals surface area contributed by atoms with Crippen molar-refractivity contribution >= 4 is 6.08 Å². The van der Waals surface area contributed by atoms with Crippen molar-refractivity contribution in [1.82, 2.24) is 0 Å². The Morgan fingerprint density at radius 2 is 2.11 bits per heavy atom. The lowest BCUT2D eigenvalue weighted by Crippen LogP contribution is -2.35. The Bertz CT molecular complexity index is 524. The Morgan fingerprint density at radius 3 is 2.89 bits per heavy atom. The molecule has 0 saturated carbocycles. The highest BCUT2D eigenvalue weighted by molar-refractivity contribution is 5.64. The van der Waals surface area contributed by atoms with Crippen molar-refractivity contribution in [1.29, 1.82) is 0 Å². The summed E-state index contributed by atoms with van der Waals surface area (Å²) in [6, 6.07) is 6.33. The minimum absolute atomic E-state index is 0.237. The van der Waals surface area contributed by atoms with Gasteiger partial charge < -0.3 is 4.74 Å². The van der Waals surface area contributed by atoms with Crippen LogP contribution in [-0.4, -0.2) is 5.60 Å². The van der Waals surface area contributed by atoms with Gasteiger partial charge in [-0.05, 0) is 56.7 Å². The molecule has 1 heterocycles. The molecule has 1 aliphatic heterocycles. The number of fused-ring (bicyclic) bond motifs is 1. The Balaban J connectivity index is 1.99. The quantitative estimate of drug-likeness (QED) is 0.649. The van der Waals surface area contributed by atoms with E-state index in [9.17, 15) is 0 Å². The van der Waals surface area contributed by atoms with Gasteiger partial charge in [0.2, 0.25) is 0 Å². The molecular formula is C17H20O. The van der Waals surface area contributed by atoms with Gasteiger partial charge in [0.1, 0.15) is 11.4 Å². The van der Waals surface area contributed by atoms with Gasteiger partial charge >= 0.3 is 0 Å². The van der Waals surface area contributed by atoms with Gasteiger partial charge in [-0.1, -0.05) is 30.4 Å². The maximum absolute atomic E-state index is 6.33. The molecule has 0 spiro atoms. The Labute approximate surface area is 109 Å². The largest absolute Gasteiger partial charge is 0.478 e. The molecule has 0 saturated heterocycles. The zero-order valence-electron chi connectivity index (χ0n) is 11.2. The summed E-state index contributed by atoms with van der Waals surface area (Å²) in [4.78, 5) is 0. The lowest BCUT2D eigenvalue weighted by Gasteiger charge is -2.36. The fraction of sp³-hybridized carbons (Fsp3) is 0.412. The average Bonchev–Trinajstić information content (AvgIpc) is 2.41. The van der Waals surface area contributed by atoms with Crippen LogP contribution in [0.25, 0.3) is 6.08 Å². The van der Waals surface area contributed by atoms with Crippen molar-refractivity contribution in [2.75, 3.05) is 0 Å². The maximum atomic E-state index is 6.33. The van der Waals surface area contributed by atoms with Gasteiger partial charge in [-0.25, -0.2) is 0 Å². The second-order valence-electron chi connectivity index (χ2n) is 5.51. The normalized spacial score (nSPS) is 26.2. The minimum atomic E-state index is -0.237. The molecule has 1 heteroatoms. The number of hydrogen-bond acceptors (Lipinski definition) is 1. The summed E-state index contributed by atoms with van der Waals surface area (Å²) in [7, 11) is 0. The van der Waals surface area contributed by atoms with E-state index in [0.717, 1.165) is 5.75 Å². The van der Waals surface area contributed by atoms with Gasteiger partial charge in [0.25, 0.3) is 0 Å². The molecule has 0 N–H and O–H groups in total. The molecule has 1 atom stereocenters. The van der Waals surface area contributed by atoms with Gasteiger partial charge in [-0.3, -0.25) is 0 Å². The highest BCUT2D eigenvalue weighted by Crippen LogP contribution is 2.39. The van der Waals surface area contributed by atoms with Crippen molar-refractivity contribution in [3.8, 4) is 5.75 Å². The molecule has 1 nitrogen and oxygen atoms in total. The molecule has 1 aromatic rings. The molecular weight excluding hydrogens is 220 g/mol. The molecule has 0 unspecified atom stereocenters. The number of rotatable bonds is 1. The zero-order chi connectivity index (χ0) is 12.6. The fourth-order valence-corrected chi connectivity index (χ4v) is 2.90. The van der Waals surface area contributed by atoms with Gasteiger partial charge in [0, 0.05) is 5.56 Å². The molecule has 2 aliphatic rings. The van der Waals surface area contributed by atoms with Crippen LogP contribution in [0.2, 0.25) is 0 Å². The monoisotopic (exact) mass is 240 g/mol. The van der Waals surface area contributed by atoms with Crippen LogP contribution in [0.5, 0.6) is 5.75 Å². The highest BCUT2D eigenvalue weighted by Gasteiger charge is 2.32. The molecule has 1 aliphatic carbocycles. The van der Waals surface area contributed by atoms with Crippen LogP contribution in [-0.2, 0) is 0 Å². The first kappa shape index (κ1) is 11.6. The van der Waals surface area contributed by atoms with E-state index in [1.807, 2.05) is 0 Å². The molecule has 0 bridgehead atoms. The summed E-state index contributed by atoms with van der Waals surface area (Å²) in [6.07, 6.45) is 11.8. The first-order valence-electron chi connectivity index (χ1n) is 6.86. The summed E-state index contributed by atoms with van der Waals surface area (Å²) in [5.41, 5.74) is 3.63. The first-order chi connectivity index (χ1) is 8.69. The number of para-hydroxylation sites is 1. The van der Waals surface area contributed by atoms with Crippen LogP contribution in [0, 0.1) is 6.92 Å². The third kappa shape index (κ3) is 1.88. The van der Waals surface area contributed by atoms with Crippen LogP contribution in [0.1, 0.15) is 43.7 Å². The van der Waals surface area contributed by atoms with E-state index < -0.39 is 0 Å². The molecule has 1 aromatic carbocycles. The zero-order valence-corrected chi connectivity index (χ0v) is 11.2. The van der Waals surface area contributed by atoms with Crippen LogP contribution in [0.15, 0.2) is 35.9 Å². The third-order valence-corrected chi connectivity index (χ3v) is 4.07. The molecule has 0 radical (unpaired) electrons. The van der Waals surface area contributed by atoms with Gasteiger partial charge in [-0.15, -0.1) is 0 Å². The second-order valence-corrected chi connectivity index (χ2v) is 5.51. The fourth-order valence-electron chi connectivity index (χ4n) is 2.90. The smallest absolute Gasteiger partial charge is 0.146 e. The summed E-state index contributed by atoms with van der Waals surface area (Å²) in [6.45, 7) is 4.31. The average molecular weight is 240 g/mol. The lowest BCUT2D eigenvalue weighted by molar-refractivity contribution is 0.168. The van der Waals surface area contributed by atoms with Crippen LogP contribution < -0.4 is 4.74 Å². The van der Waals surface area contributed by atoms with E-state index >= 15 is 0 Å². The van der Waals surface area contributed by atoms with Crippen LogP contribution in [0.3, 0.4) is 0 Å². The van der Waals surface area contributed by atoms with E-state index in [0.29, 0.717) is 0 Å². The first-order valence-corrected chi connectivity index (χ1v) is 6.86. The number of aryl methyl sites for hydroxylation is 1. The van der Waals surface area contributed by atoms with E-state index in [1.165, 1.54) is 42.4 Å².